The average Bonchev–Trinajstić information content (AvgIpc) is 2.49. The molecular formula is C18H23NOS. The number of hydrogen-bond donors (Lipinski definition) is 1. The summed E-state index contributed by atoms with van der Waals surface area (Å²) >= 11 is 4.26. The number of aromatic nitrogens is 1. The Morgan fingerprint density at radius 1 is 1.14 bits per heavy atom. The van der Waals surface area contributed by atoms with Crippen LogP contribution in [0.25, 0.3) is 11.3 Å². The minimum absolute atomic E-state index is 0.0788. The first-order valence-corrected chi connectivity index (χ1v) is 8.05. The number of pyridine rings is 1. The van der Waals surface area contributed by atoms with Gasteiger partial charge in [0.25, 0.3) is 5.56 Å². The molecule has 0 spiro atoms. The van der Waals surface area contributed by atoms with E-state index in [-0.39, 0.29) is 11.6 Å². The van der Waals surface area contributed by atoms with Crippen LogP contribution < -0.4 is 5.56 Å². The molecule has 0 amide bonds. The number of rotatable bonds is 4. The highest BCUT2D eigenvalue weighted by Crippen LogP contribution is 2.25. The van der Waals surface area contributed by atoms with Gasteiger partial charge in [-0.15, -0.1) is 0 Å². The molecule has 1 unspecified atom stereocenters. The normalized spacial score (nSPS) is 12.4. The fourth-order valence-corrected chi connectivity index (χ4v) is 2.71. The van der Waals surface area contributed by atoms with E-state index in [9.17, 15) is 4.79 Å². The molecule has 0 aliphatic heterocycles. The smallest absolute Gasteiger partial charge is 0.255 e. The van der Waals surface area contributed by atoms with Gasteiger partial charge in [-0.3, -0.25) is 4.79 Å². The summed E-state index contributed by atoms with van der Waals surface area (Å²) < 4.78 is 1.91. The van der Waals surface area contributed by atoms with E-state index in [1.807, 2.05) is 16.7 Å². The van der Waals surface area contributed by atoms with E-state index >= 15 is 0 Å². The van der Waals surface area contributed by atoms with Gasteiger partial charge in [0.1, 0.15) is 0 Å². The van der Waals surface area contributed by atoms with Crippen molar-refractivity contribution in [2.75, 3.05) is 0 Å². The molecule has 0 saturated carbocycles. The predicted molar refractivity (Wildman–Crippen MR) is 93.3 cm³/mol. The Morgan fingerprint density at radius 3 is 2.43 bits per heavy atom. The molecule has 3 heteroatoms. The SMILES string of the molecule is CCC(C)n1c(-c2ccc(C)c(C)c2)ccc(CS)c1=O. The molecule has 112 valence electrons. The van der Waals surface area contributed by atoms with Crippen LogP contribution in [0.3, 0.4) is 0 Å². The molecule has 1 aromatic heterocycles. The third-order valence-electron chi connectivity index (χ3n) is 4.20. The fourth-order valence-electron chi connectivity index (χ4n) is 2.47. The van der Waals surface area contributed by atoms with Crippen molar-refractivity contribution in [2.45, 2.75) is 45.9 Å². The second kappa shape index (κ2) is 6.52. The lowest BCUT2D eigenvalue weighted by atomic mass is 10.0. The van der Waals surface area contributed by atoms with Crippen molar-refractivity contribution >= 4 is 12.6 Å². The Balaban J connectivity index is 2.70. The van der Waals surface area contributed by atoms with Gasteiger partial charge in [0.05, 0.1) is 5.69 Å². The summed E-state index contributed by atoms with van der Waals surface area (Å²) in [5, 5.41) is 0. The Bertz CT molecular complexity index is 703. The fraction of sp³-hybridized carbons (Fsp3) is 0.389. The van der Waals surface area contributed by atoms with E-state index in [2.05, 4.69) is 58.5 Å². The highest BCUT2D eigenvalue weighted by Gasteiger charge is 2.14. The summed E-state index contributed by atoms with van der Waals surface area (Å²) in [6.45, 7) is 8.40. The van der Waals surface area contributed by atoms with Crippen molar-refractivity contribution in [3.63, 3.8) is 0 Å². The van der Waals surface area contributed by atoms with Gasteiger partial charge in [0.15, 0.2) is 0 Å². The van der Waals surface area contributed by atoms with Crippen LogP contribution in [0.15, 0.2) is 35.1 Å². The van der Waals surface area contributed by atoms with Crippen LogP contribution in [0.1, 0.15) is 43.0 Å². The minimum atomic E-state index is 0.0788. The Morgan fingerprint density at radius 2 is 1.86 bits per heavy atom. The standard InChI is InChI=1S/C18H23NOS/c1-5-14(4)19-17(9-8-16(11-21)18(19)20)15-7-6-12(2)13(3)10-15/h6-10,14,21H,5,11H2,1-4H3. The second-order valence-electron chi connectivity index (χ2n) is 5.63. The van der Waals surface area contributed by atoms with E-state index in [0.717, 1.165) is 23.2 Å². The van der Waals surface area contributed by atoms with Crippen LogP contribution in [-0.2, 0) is 5.75 Å². The topological polar surface area (TPSA) is 22.0 Å². The molecule has 1 aromatic carbocycles. The number of aryl methyl sites for hydroxylation is 2. The molecule has 1 atom stereocenters. The van der Waals surface area contributed by atoms with Crippen LogP contribution in [0.4, 0.5) is 0 Å². The molecule has 0 bridgehead atoms. The third-order valence-corrected chi connectivity index (χ3v) is 4.54. The van der Waals surface area contributed by atoms with E-state index in [1.54, 1.807) is 0 Å². The Kier molecular flexibility index (Phi) is 4.94. The molecule has 2 aromatic rings. The highest BCUT2D eigenvalue weighted by molar-refractivity contribution is 7.79. The van der Waals surface area contributed by atoms with E-state index in [4.69, 9.17) is 0 Å². The molecule has 0 aliphatic rings. The van der Waals surface area contributed by atoms with E-state index < -0.39 is 0 Å². The molecule has 0 N–H and O–H groups in total. The number of benzene rings is 1. The van der Waals surface area contributed by atoms with Gasteiger partial charge in [0.2, 0.25) is 0 Å². The van der Waals surface area contributed by atoms with Gasteiger partial charge in [-0.05, 0) is 56.0 Å². The van der Waals surface area contributed by atoms with Gasteiger partial charge >= 0.3 is 0 Å². The Hall–Kier alpha value is -1.48. The van der Waals surface area contributed by atoms with Crippen molar-refractivity contribution < 1.29 is 0 Å². The molecule has 1 heterocycles. The molecule has 2 rings (SSSR count). The molecule has 0 fully saturated rings. The van der Waals surface area contributed by atoms with Crippen molar-refractivity contribution in [1.29, 1.82) is 0 Å². The quantitative estimate of drug-likeness (QED) is 0.823. The summed E-state index contributed by atoms with van der Waals surface area (Å²) in [6.07, 6.45) is 0.924. The highest BCUT2D eigenvalue weighted by atomic mass is 32.1. The lowest BCUT2D eigenvalue weighted by Gasteiger charge is -2.20. The summed E-state index contributed by atoms with van der Waals surface area (Å²) in [7, 11) is 0. The molecule has 21 heavy (non-hydrogen) atoms. The van der Waals surface area contributed by atoms with Crippen LogP contribution in [0.5, 0.6) is 0 Å². The zero-order valence-corrected chi connectivity index (χ0v) is 14.1. The molecule has 2 nitrogen and oxygen atoms in total. The van der Waals surface area contributed by atoms with Gasteiger partial charge in [-0.25, -0.2) is 0 Å². The third kappa shape index (κ3) is 3.08. The monoisotopic (exact) mass is 301 g/mol. The summed E-state index contributed by atoms with van der Waals surface area (Å²) in [4.78, 5) is 12.7. The first-order chi connectivity index (χ1) is 9.99. The van der Waals surface area contributed by atoms with E-state index in [0.29, 0.717) is 5.75 Å². The minimum Gasteiger partial charge on any atom is -0.305 e. The second-order valence-corrected chi connectivity index (χ2v) is 5.95. The summed E-state index contributed by atoms with van der Waals surface area (Å²) in [5.74, 6) is 0.475. The molecular weight excluding hydrogens is 278 g/mol. The summed E-state index contributed by atoms with van der Waals surface area (Å²) in [5.41, 5.74) is 5.43. The maximum absolute atomic E-state index is 12.7. The van der Waals surface area contributed by atoms with Crippen LogP contribution in [0.2, 0.25) is 0 Å². The molecule has 0 aliphatic carbocycles. The first kappa shape index (κ1) is 15.9. The maximum Gasteiger partial charge on any atom is 0.255 e. The Labute approximate surface area is 132 Å². The molecule has 0 radical (unpaired) electrons. The van der Waals surface area contributed by atoms with Crippen molar-refractivity contribution in [3.05, 3.63) is 57.4 Å². The predicted octanol–water partition coefficient (Wildman–Crippen LogP) is 4.53. The van der Waals surface area contributed by atoms with E-state index in [1.165, 1.54) is 11.1 Å². The van der Waals surface area contributed by atoms with Crippen molar-refractivity contribution in [3.8, 4) is 11.3 Å². The van der Waals surface area contributed by atoms with Crippen molar-refractivity contribution in [2.24, 2.45) is 0 Å². The van der Waals surface area contributed by atoms with Gasteiger partial charge in [0, 0.05) is 17.4 Å². The number of hydrogen-bond acceptors (Lipinski definition) is 2. The van der Waals surface area contributed by atoms with Crippen LogP contribution in [0, 0.1) is 13.8 Å². The zero-order valence-electron chi connectivity index (χ0n) is 13.2. The zero-order chi connectivity index (χ0) is 15.6. The largest absolute Gasteiger partial charge is 0.305 e. The number of thiol groups is 1. The van der Waals surface area contributed by atoms with Crippen LogP contribution in [-0.4, -0.2) is 4.57 Å². The van der Waals surface area contributed by atoms with Gasteiger partial charge in [-0.1, -0.05) is 25.1 Å². The van der Waals surface area contributed by atoms with Gasteiger partial charge < -0.3 is 4.57 Å². The summed E-state index contributed by atoms with van der Waals surface area (Å²) in [6, 6.07) is 10.5. The first-order valence-electron chi connectivity index (χ1n) is 7.42. The average molecular weight is 301 g/mol. The van der Waals surface area contributed by atoms with Crippen LogP contribution >= 0.6 is 12.6 Å². The lowest BCUT2D eigenvalue weighted by molar-refractivity contribution is 0.517. The van der Waals surface area contributed by atoms with Crippen molar-refractivity contribution in [1.82, 2.24) is 4.57 Å². The lowest BCUT2D eigenvalue weighted by Crippen LogP contribution is -2.27. The number of nitrogens with zero attached hydrogens (tertiary/aromatic N) is 1. The van der Waals surface area contributed by atoms with Gasteiger partial charge in [-0.2, -0.15) is 12.6 Å². The maximum atomic E-state index is 12.7. The molecule has 0 saturated heterocycles.